The van der Waals surface area contributed by atoms with E-state index in [1.54, 1.807) is 12.0 Å². The van der Waals surface area contributed by atoms with Crippen molar-refractivity contribution in [2.24, 2.45) is 0 Å². The Hall–Kier alpha value is -2.66. The summed E-state index contributed by atoms with van der Waals surface area (Å²) in [5, 5.41) is 6.60. The quantitative estimate of drug-likeness (QED) is 0.586. The second-order valence-electron chi connectivity index (χ2n) is 9.54. The van der Waals surface area contributed by atoms with Crippen LogP contribution >= 0.6 is 0 Å². The molecule has 2 aliphatic rings. The molecule has 1 amide bonds. The molecular formula is C23H31F3N6O2. The first-order valence-corrected chi connectivity index (χ1v) is 11.5. The first-order chi connectivity index (χ1) is 16.1. The number of carbonyl (C=O) groups is 1. The van der Waals surface area contributed by atoms with E-state index in [2.05, 4.69) is 39.4 Å². The van der Waals surface area contributed by atoms with Gasteiger partial charge in [0.05, 0.1) is 12.3 Å². The van der Waals surface area contributed by atoms with Crippen LogP contribution in [0.3, 0.4) is 0 Å². The maximum atomic E-state index is 13.9. The fourth-order valence-electron chi connectivity index (χ4n) is 4.53. The first-order valence-electron chi connectivity index (χ1n) is 11.5. The highest BCUT2D eigenvalue weighted by Gasteiger charge is 2.37. The fourth-order valence-corrected chi connectivity index (χ4v) is 4.53. The van der Waals surface area contributed by atoms with Crippen LogP contribution in [0.4, 0.5) is 19.1 Å². The van der Waals surface area contributed by atoms with Gasteiger partial charge >= 0.3 is 6.18 Å². The lowest BCUT2D eigenvalue weighted by Crippen LogP contribution is -2.50. The topological polar surface area (TPSA) is 95.2 Å². The van der Waals surface area contributed by atoms with Gasteiger partial charge in [-0.2, -0.15) is 13.2 Å². The minimum absolute atomic E-state index is 0.0110. The number of aromatic amines is 1. The number of anilines is 1. The summed E-state index contributed by atoms with van der Waals surface area (Å²) in [5.41, 5.74) is 0.0410. The summed E-state index contributed by atoms with van der Waals surface area (Å²) < 4.78 is 46.8. The second kappa shape index (κ2) is 9.53. The molecule has 0 saturated carbocycles. The number of carbonyl (C=O) groups excluding carboxylic acids is 1. The number of nitrogens with zero attached hydrogens (tertiary/aromatic N) is 3. The van der Waals surface area contributed by atoms with E-state index >= 15 is 0 Å². The van der Waals surface area contributed by atoms with Gasteiger partial charge in [0.2, 0.25) is 5.95 Å². The molecule has 1 unspecified atom stereocenters. The second-order valence-corrected chi connectivity index (χ2v) is 9.54. The Balaban J connectivity index is 1.67. The van der Waals surface area contributed by atoms with Crippen molar-refractivity contribution in [1.29, 1.82) is 0 Å². The number of hydrogen-bond donors (Lipinski definition) is 3. The number of hydrogen-bond acceptors (Lipinski definition) is 6. The van der Waals surface area contributed by atoms with Gasteiger partial charge in [-0.05, 0) is 45.1 Å². The lowest BCUT2D eigenvalue weighted by molar-refractivity contribution is -0.137. The van der Waals surface area contributed by atoms with Crippen LogP contribution < -0.4 is 10.6 Å². The Morgan fingerprint density at radius 2 is 2.15 bits per heavy atom. The summed E-state index contributed by atoms with van der Waals surface area (Å²) in [6.07, 6.45) is 0.523. The molecule has 1 atom stereocenters. The highest BCUT2D eigenvalue weighted by molar-refractivity contribution is 5.96. The third kappa shape index (κ3) is 5.20. The van der Waals surface area contributed by atoms with Crippen molar-refractivity contribution in [3.05, 3.63) is 29.2 Å². The Labute approximate surface area is 196 Å². The number of nitrogens with one attached hydrogen (secondary N) is 3. The van der Waals surface area contributed by atoms with E-state index in [0.717, 1.165) is 19.0 Å². The summed E-state index contributed by atoms with van der Waals surface area (Å²) in [7, 11) is 1.56. The molecule has 11 heteroatoms. The number of aromatic nitrogens is 3. The molecule has 2 aromatic rings. The molecule has 0 aliphatic carbocycles. The predicted molar refractivity (Wildman–Crippen MR) is 122 cm³/mol. The van der Waals surface area contributed by atoms with E-state index in [-0.39, 0.29) is 34.7 Å². The molecule has 1 fully saturated rings. The van der Waals surface area contributed by atoms with Gasteiger partial charge in [0.25, 0.3) is 5.91 Å². The number of halogens is 3. The van der Waals surface area contributed by atoms with Crippen LogP contribution in [0.15, 0.2) is 12.4 Å². The van der Waals surface area contributed by atoms with Gasteiger partial charge in [0, 0.05) is 56.3 Å². The molecule has 2 aromatic heterocycles. The Bertz CT molecular complexity index is 1030. The number of piperidine rings is 1. The number of fused-ring (bicyclic) bond motifs is 1. The molecule has 34 heavy (non-hydrogen) atoms. The Kier molecular flexibility index (Phi) is 6.86. The van der Waals surface area contributed by atoms with Crippen LogP contribution in [0, 0.1) is 0 Å². The van der Waals surface area contributed by atoms with Gasteiger partial charge in [0.1, 0.15) is 11.3 Å². The average molecular weight is 481 g/mol. The first kappa shape index (κ1) is 24.5. The number of alkyl halides is 3. The van der Waals surface area contributed by atoms with Crippen LogP contribution in [-0.2, 0) is 17.3 Å². The SMILES string of the molecule is COCCN1CCCc2c(-c3nc(NC4CCC(C)(C)NC4)ncc3C(F)(F)F)c[nH]c2C1=O. The van der Waals surface area contributed by atoms with Gasteiger partial charge < -0.3 is 25.3 Å². The van der Waals surface area contributed by atoms with Gasteiger partial charge in [-0.15, -0.1) is 0 Å². The molecule has 0 aromatic carbocycles. The summed E-state index contributed by atoms with van der Waals surface area (Å²) in [4.78, 5) is 25.9. The summed E-state index contributed by atoms with van der Waals surface area (Å²) in [6.45, 7) is 6.22. The van der Waals surface area contributed by atoms with E-state index in [1.165, 1.54) is 6.20 Å². The third-order valence-corrected chi connectivity index (χ3v) is 6.54. The molecule has 1 saturated heterocycles. The van der Waals surface area contributed by atoms with Gasteiger partial charge in [-0.1, -0.05) is 0 Å². The third-order valence-electron chi connectivity index (χ3n) is 6.54. The highest BCUT2D eigenvalue weighted by Crippen LogP contribution is 2.39. The van der Waals surface area contributed by atoms with E-state index in [4.69, 9.17) is 4.74 Å². The molecule has 2 aliphatic heterocycles. The van der Waals surface area contributed by atoms with E-state index in [1.807, 2.05) is 0 Å². The number of methoxy groups -OCH3 is 1. The van der Waals surface area contributed by atoms with Crippen molar-refractivity contribution in [2.75, 3.05) is 38.7 Å². The van der Waals surface area contributed by atoms with Gasteiger partial charge in [-0.25, -0.2) is 9.97 Å². The minimum atomic E-state index is -4.63. The van der Waals surface area contributed by atoms with Crippen molar-refractivity contribution in [3.63, 3.8) is 0 Å². The van der Waals surface area contributed by atoms with Crippen LogP contribution in [0.1, 0.15) is 54.7 Å². The molecule has 0 radical (unpaired) electrons. The zero-order chi connectivity index (χ0) is 24.5. The fraction of sp³-hybridized carbons (Fsp3) is 0.609. The largest absolute Gasteiger partial charge is 0.419 e. The molecule has 3 N–H and O–H groups in total. The monoisotopic (exact) mass is 480 g/mol. The van der Waals surface area contributed by atoms with E-state index in [0.29, 0.717) is 50.3 Å². The number of amides is 1. The van der Waals surface area contributed by atoms with Gasteiger partial charge in [-0.3, -0.25) is 4.79 Å². The van der Waals surface area contributed by atoms with Crippen molar-refractivity contribution in [2.45, 2.75) is 57.3 Å². The van der Waals surface area contributed by atoms with Crippen molar-refractivity contribution in [3.8, 4) is 11.3 Å². The maximum absolute atomic E-state index is 13.9. The van der Waals surface area contributed by atoms with Crippen LogP contribution in [-0.4, -0.2) is 70.7 Å². The molecule has 0 spiro atoms. The molecule has 4 heterocycles. The smallest absolute Gasteiger partial charge is 0.383 e. The summed E-state index contributed by atoms with van der Waals surface area (Å²) in [6, 6.07) is 0.0110. The van der Waals surface area contributed by atoms with E-state index < -0.39 is 11.7 Å². The Morgan fingerprint density at radius 1 is 1.35 bits per heavy atom. The zero-order valence-corrected chi connectivity index (χ0v) is 19.7. The lowest BCUT2D eigenvalue weighted by atomic mass is 9.91. The standard InChI is InChI=1S/C23H31F3N6O2/c1-22(2)7-6-14(11-29-22)30-21-28-13-17(23(24,25)26)18(31-21)16-12-27-19-15(16)5-4-8-32(20(19)33)9-10-34-3/h12-14,27,29H,4-11H2,1-3H3,(H,28,30,31). The van der Waals surface area contributed by atoms with E-state index in [9.17, 15) is 18.0 Å². The lowest BCUT2D eigenvalue weighted by Gasteiger charge is -2.36. The molecule has 186 valence electrons. The highest BCUT2D eigenvalue weighted by atomic mass is 19.4. The molecule has 0 bridgehead atoms. The molecule has 4 rings (SSSR count). The van der Waals surface area contributed by atoms with Crippen molar-refractivity contribution < 1.29 is 22.7 Å². The van der Waals surface area contributed by atoms with Crippen molar-refractivity contribution in [1.82, 2.24) is 25.2 Å². The normalized spacial score (nSPS) is 20.7. The summed E-state index contributed by atoms with van der Waals surface area (Å²) in [5.74, 6) is -0.0983. The van der Waals surface area contributed by atoms with Crippen LogP contribution in [0.5, 0.6) is 0 Å². The predicted octanol–water partition coefficient (Wildman–Crippen LogP) is 3.47. The number of ether oxygens (including phenoxy) is 1. The molecular weight excluding hydrogens is 449 g/mol. The number of rotatable bonds is 6. The van der Waals surface area contributed by atoms with Gasteiger partial charge in [0.15, 0.2) is 0 Å². The summed E-state index contributed by atoms with van der Waals surface area (Å²) >= 11 is 0. The zero-order valence-electron chi connectivity index (χ0n) is 19.7. The molecule has 8 nitrogen and oxygen atoms in total. The average Bonchev–Trinajstić information content (AvgIpc) is 3.13. The Morgan fingerprint density at radius 3 is 2.82 bits per heavy atom. The van der Waals surface area contributed by atoms with Crippen molar-refractivity contribution >= 4 is 11.9 Å². The minimum Gasteiger partial charge on any atom is -0.383 e. The van der Waals surface area contributed by atoms with Crippen LogP contribution in [0.2, 0.25) is 0 Å². The maximum Gasteiger partial charge on any atom is 0.419 e. The number of H-pyrrole nitrogens is 1. The van der Waals surface area contributed by atoms with Crippen LogP contribution in [0.25, 0.3) is 11.3 Å².